The summed E-state index contributed by atoms with van der Waals surface area (Å²) in [6, 6.07) is 5.29. The number of rotatable bonds is 1. The first-order valence-electron chi connectivity index (χ1n) is 2.87. The zero-order valence-corrected chi connectivity index (χ0v) is 6.98. The minimum Gasteiger partial charge on any atom is -0.507 e. The van der Waals surface area contributed by atoms with Gasteiger partial charge < -0.3 is 5.11 Å². The highest BCUT2D eigenvalue weighted by molar-refractivity contribution is 9.09. The van der Waals surface area contributed by atoms with Crippen molar-refractivity contribution in [2.24, 2.45) is 0 Å². The Bertz CT molecular complexity index is 257. The van der Waals surface area contributed by atoms with Crippen LogP contribution in [0.2, 0.25) is 0 Å². The van der Waals surface area contributed by atoms with Gasteiger partial charge >= 0.3 is 4.83 Å². The molecule has 1 aromatic rings. The molecule has 0 bridgehead atoms. The maximum absolute atomic E-state index is 12.5. The Kier molecular flexibility index (Phi) is 2.13. The molecule has 0 atom stereocenters. The molecule has 0 unspecified atom stereocenters. The number of phenols is 1. The highest BCUT2D eigenvalue weighted by atomic mass is 79.9. The number of para-hydroxylation sites is 1. The lowest BCUT2D eigenvalue weighted by molar-refractivity contribution is 0.111. The molecule has 0 saturated carbocycles. The van der Waals surface area contributed by atoms with E-state index in [1.54, 1.807) is 0 Å². The second-order valence-corrected chi connectivity index (χ2v) is 3.01. The van der Waals surface area contributed by atoms with Crippen molar-refractivity contribution in [3.8, 4) is 5.75 Å². The van der Waals surface area contributed by atoms with Crippen LogP contribution in [0.25, 0.3) is 0 Å². The largest absolute Gasteiger partial charge is 0.507 e. The van der Waals surface area contributed by atoms with Gasteiger partial charge in [-0.05, 0) is 28.1 Å². The third-order valence-corrected chi connectivity index (χ3v) is 1.64. The molecule has 1 aromatic carbocycles. The van der Waals surface area contributed by atoms with Crippen molar-refractivity contribution in [3.63, 3.8) is 0 Å². The van der Waals surface area contributed by atoms with Crippen LogP contribution in [0.15, 0.2) is 24.3 Å². The molecular formula is C7H5BrF2O. The summed E-state index contributed by atoms with van der Waals surface area (Å²) in [7, 11) is 0. The van der Waals surface area contributed by atoms with Crippen LogP contribution >= 0.6 is 15.9 Å². The third kappa shape index (κ3) is 1.89. The minimum atomic E-state index is -3.15. The van der Waals surface area contributed by atoms with Gasteiger partial charge in [0.15, 0.2) is 0 Å². The topological polar surface area (TPSA) is 20.2 Å². The molecule has 0 saturated heterocycles. The van der Waals surface area contributed by atoms with Crippen LogP contribution in [-0.2, 0) is 4.83 Å². The molecule has 1 nitrogen and oxygen atoms in total. The predicted octanol–water partition coefficient (Wildman–Crippen LogP) is 2.84. The molecule has 0 aliphatic heterocycles. The summed E-state index contributed by atoms with van der Waals surface area (Å²) in [4.78, 5) is -3.15. The first-order valence-corrected chi connectivity index (χ1v) is 3.66. The van der Waals surface area contributed by atoms with Crippen LogP contribution < -0.4 is 0 Å². The Morgan fingerprint density at radius 1 is 1.27 bits per heavy atom. The zero-order chi connectivity index (χ0) is 8.48. The van der Waals surface area contributed by atoms with Crippen molar-refractivity contribution in [1.29, 1.82) is 0 Å². The van der Waals surface area contributed by atoms with E-state index in [0.717, 1.165) is 6.07 Å². The molecule has 0 heterocycles. The third-order valence-electron chi connectivity index (χ3n) is 1.21. The quantitative estimate of drug-likeness (QED) is 0.725. The number of alkyl halides is 3. The predicted molar refractivity (Wildman–Crippen MR) is 40.9 cm³/mol. The summed E-state index contributed by atoms with van der Waals surface area (Å²) in [5.74, 6) is -0.408. The van der Waals surface area contributed by atoms with E-state index in [0.29, 0.717) is 0 Å². The maximum Gasteiger partial charge on any atom is 0.330 e. The van der Waals surface area contributed by atoms with Gasteiger partial charge in [0, 0.05) is 0 Å². The Labute approximate surface area is 70.8 Å². The first kappa shape index (κ1) is 8.46. The number of benzene rings is 1. The van der Waals surface area contributed by atoms with Gasteiger partial charge in [-0.2, -0.15) is 8.78 Å². The highest BCUT2D eigenvalue weighted by Gasteiger charge is 2.29. The molecule has 0 aliphatic rings. The molecule has 1 rings (SSSR count). The van der Waals surface area contributed by atoms with Gasteiger partial charge in [-0.1, -0.05) is 12.1 Å². The lowest BCUT2D eigenvalue weighted by Gasteiger charge is -2.09. The molecule has 11 heavy (non-hydrogen) atoms. The summed E-state index contributed by atoms with van der Waals surface area (Å²) < 4.78 is 24.9. The van der Waals surface area contributed by atoms with E-state index in [-0.39, 0.29) is 0 Å². The normalized spacial score (nSPS) is 11.5. The van der Waals surface area contributed by atoms with Crippen molar-refractivity contribution in [1.82, 2.24) is 0 Å². The van der Waals surface area contributed by atoms with Crippen LogP contribution in [0.4, 0.5) is 8.78 Å². The number of hydrogen-bond acceptors (Lipinski definition) is 1. The van der Waals surface area contributed by atoms with E-state index in [1.165, 1.54) is 18.2 Å². The maximum atomic E-state index is 12.5. The molecule has 1 N–H and O–H groups in total. The van der Waals surface area contributed by atoms with E-state index in [4.69, 9.17) is 5.11 Å². The number of halogens is 3. The van der Waals surface area contributed by atoms with E-state index < -0.39 is 16.1 Å². The van der Waals surface area contributed by atoms with Gasteiger partial charge in [0.05, 0.1) is 5.56 Å². The zero-order valence-electron chi connectivity index (χ0n) is 5.39. The van der Waals surface area contributed by atoms with E-state index in [1.807, 2.05) is 0 Å². The summed E-state index contributed by atoms with van der Waals surface area (Å²) in [5.41, 5.74) is -0.417. The van der Waals surface area contributed by atoms with Gasteiger partial charge in [0.2, 0.25) is 0 Å². The molecule has 0 aliphatic carbocycles. The van der Waals surface area contributed by atoms with Crippen molar-refractivity contribution in [2.75, 3.05) is 0 Å². The summed E-state index contributed by atoms with van der Waals surface area (Å²) in [5, 5.41) is 8.94. The SMILES string of the molecule is Oc1ccccc1C(F)(F)Br. The highest BCUT2D eigenvalue weighted by Crippen LogP contribution is 2.38. The fraction of sp³-hybridized carbons (Fsp3) is 0.143. The van der Waals surface area contributed by atoms with Gasteiger partial charge in [-0.15, -0.1) is 0 Å². The fourth-order valence-corrected chi connectivity index (χ4v) is 1.05. The standard InChI is InChI=1S/C7H5BrF2O/c8-7(9,10)5-3-1-2-4-6(5)11/h1-4,11H. The van der Waals surface area contributed by atoms with Crippen molar-refractivity contribution < 1.29 is 13.9 Å². The van der Waals surface area contributed by atoms with Crippen LogP contribution in [0.5, 0.6) is 5.75 Å². The molecular weight excluding hydrogens is 218 g/mol. The van der Waals surface area contributed by atoms with Gasteiger partial charge in [-0.25, -0.2) is 0 Å². The Morgan fingerprint density at radius 2 is 1.82 bits per heavy atom. The molecule has 0 fully saturated rings. The summed E-state index contributed by atoms with van der Waals surface area (Å²) >= 11 is 2.14. The second-order valence-electron chi connectivity index (χ2n) is 2.01. The number of hydrogen-bond donors (Lipinski definition) is 1. The monoisotopic (exact) mass is 222 g/mol. The van der Waals surface area contributed by atoms with Gasteiger partial charge in [0.25, 0.3) is 0 Å². The van der Waals surface area contributed by atoms with Crippen LogP contribution in [-0.4, -0.2) is 5.11 Å². The Balaban J connectivity index is 3.14. The molecule has 0 amide bonds. The molecule has 4 heteroatoms. The fourth-order valence-electron chi connectivity index (χ4n) is 0.713. The van der Waals surface area contributed by atoms with Gasteiger partial charge in [-0.3, -0.25) is 0 Å². The molecule has 0 aromatic heterocycles. The lowest BCUT2D eigenvalue weighted by Crippen LogP contribution is -2.01. The number of phenolic OH excluding ortho intramolecular Hbond substituents is 1. The lowest BCUT2D eigenvalue weighted by atomic mass is 10.2. The van der Waals surface area contributed by atoms with Crippen LogP contribution in [0.1, 0.15) is 5.56 Å². The molecule has 0 spiro atoms. The summed E-state index contributed by atoms with van der Waals surface area (Å²) in [6.07, 6.45) is 0. The van der Waals surface area contributed by atoms with E-state index in [9.17, 15) is 8.78 Å². The Morgan fingerprint density at radius 3 is 2.18 bits per heavy atom. The Hall–Kier alpha value is -0.640. The average molecular weight is 223 g/mol. The first-order chi connectivity index (χ1) is 5.02. The van der Waals surface area contributed by atoms with Gasteiger partial charge in [0.1, 0.15) is 5.75 Å². The van der Waals surface area contributed by atoms with Crippen molar-refractivity contribution in [3.05, 3.63) is 29.8 Å². The second kappa shape index (κ2) is 2.77. The smallest absolute Gasteiger partial charge is 0.330 e. The van der Waals surface area contributed by atoms with E-state index in [2.05, 4.69) is 15.9 Å². The van der Waals surface area contributed by atoms with Crippen molar-refractivity contribution in [2.45, 2.75) is 4.83 Å². The number of aromatic hydroxyl groups is 1. The molecule has 0 radical (unpaired) electrons. The molecule has 60 valence electrons. The van der Waals surface area contributed by atoms with E-state index >= 15 is 0 Å². The van der Waals surface area contributed by atoms with Crippen LogP contribution in [0, 0.1) is 0 Å². The average Bonchev–Trinajstić information content (AvgIpc) is 1.86. The van der Waals surface area contributed by atoms with Crippen molar-refractivity contribution >= 4 is 15.9 Å². The summed E-state index contributed by atoms with van der Waals surface area (Å²) in [6.45, 7) is 0. The van der Waals surface area contributed by atoms with Crippen LogP contribution in [0.3, 0.4) is 0 Å². The minimum absolute atomic E-state index is 0.408.